The standard InChI is InChI=1S/C14H11NO5/c1-14(2)13(17)11(15-18)10-8(20-14)5-3-7-4-6-9(16)19-12(7)10/h3-6,18H,1-2H3/b15-11+. The molecule has 0 radical (unpaired) electrons. The summed E-state index contributed by atoms with van der Waals surface area (Å²) in [4.78, 5) is 23.6. The first kappa shape index (κ1) is 12.4. The highest BCUT2D eigenvalue weighted by Gasteiger charge is 2.42. The summed E-state index contributed by atoms with van der Waals surface area (Å²) in [7, 11) is 0. The second-order valence-corrected chi connectivity index (χ2v) is 5.00. The molecule has 1 aromatic carbocycles. The molecule has 6 heteroatoms. The highest BCUT2D eigenvalue weighted by molar-refractivity contribution is 6.51. The lowest BCUT2D eigenvalue weighted by Gasteiger charge is -2.31. The molecule has 0 aliphatic carbocycles. The third-order valence-corrected chi connectivity index (χ3v) is 3.22. The maximum Gasteiger partial charge on any atom is 0.336 e. The Morgan fingerprint density at radius 3 is 2.55 bits per heavy atom. The summed E-state index contributed by atoms with van der Waals surface area (Å²) in [6, 6.07) is 6.20. The average Bonchev–Trinajstić information content (AvgIpc) is 2.40. The topological polar surface area (TPSA) is 89.1 Å². The van der Waals surface area contributed by atoms with E-state index >= 15 is 0 Å². The van der Waals surface area contributed by atoms with E-state index in [0.717, 1.165) is 0 Å². The molecule has 1 aromatic heterocycles. The molecule has 0 saturated heterocycles. The summed E-state index contributed by atoms with van der Waals surface area (Å²) in [5, 5.41) is 12.8. The minimum absolute atomic E-state index is 0.170. The van der Waals surface area contributed by atoms with Gasteiger partial charge in [-0.15, -0.1) is 0 Å². The number of ether oxygens (including phenoxy) is 1. The molecule has 3 rings (SSSR count). The number of carbonyl (C=O) groups excluding carboxylic acids is 1. The van der Waals surface area contributed by atoms with Crippen LogP contribution in [0.4, 0.5) is 0 Å². The van der Waals surface area contributed by atoms with Crippen LogP contribution in [-0.4, -0.2) is 22.3 Å². The van der Waals surface area contributed by atoms with Gasteiger partial charge in [0.15, 0.2) is 16.9 Å². The highest BCUT2D eigenvalue weighted by atomic mass is 16.5. The summed E-state index contributed by atoms with van der Waals surface area (Å²) in [5.41, 5.74) is -1.49. The number of benzene rings is 1. The van der Waals surface area contributed by atoms with E-state index in [1.54, 1.807) is 32.0 Å². The monoisotopic (exact) mass is 273 g/mol. The maximum absolute atomic E-state index is 12.2. The Balaban J connectivity index is 2.43. The van der Waals surface area contributed by atoms with Gasteiger partial charge in [-0.05, 0) is 32.0 Å². The lowest BCUT2D eigenvalue weighted by Crippen LogP contribution is -2.47. The van der Waals surface area contributed by atoms with Crippen molar-refractivity contribution < 1.29 is 19.2 Å². The van der Waals surface area contributed by atoms with Gasteiger partial charge in [-0.2, -0.15) is 0 Å². The number of nitrogens with zero attached hydrogens (tertiary/aromatic N) is 1. The SMILES string of the molecule is CC1(C)Oc2ccc3ccc(=O)oc3c2/C(=N\O)C1=O. The van der Waals surface area contributed by atoms with Crippen molar-refractivity contribution in [2.24, 2.45) is 5.16 Å². The van der Waals surface area contributed by atoms with Crippen LogP contribution in [0.15, 0.2) is 38.6 Å². The number of oxime groups is 1. The predicted molar refractivity (Wildman–Crippen MR) is 70.5 cm³/mol. The highest BCUT2D eigenvalue weighted by Crippen LogP contribution is 2.35. The average molecular weight is 273 g/mol. The van der Waals surface area contributed by atoms with Gasteiger partial charge in [-0.25, -0.2) is 4.79 Å². The van der Waals surface area contributed by atoms with Gasteiger partial charge >= 0.3 is 5.63 Å². The fourth-order valence-electron chi connectivity index (χ4n) is 2.24. The Morgan fingerprint density at radius 2 is 1.85 bits per heavy atom. The van der Waals surface area contributed by atoms with Crippen LogP contribution < -0.4 is 10.4 Å². The van der Waals surface area contributed by atoms with Crippen molar-refractivity contribution in [1.82, 2.24) is 0 Å². The molecule has 20 heavy (non-hydrogen) atoms. The minimum Gasteiger partial charge on any atom is -0.479 e. The van der Waals surface area contributed by atoms with Gasteiger partial charge < -0.3 is 14.4 Å². The van der Waals surface area contributed by atoms with Gasteiger partial charge in [0, 0.05) is 11.5 Å². The molecule has 0 atom stereocenters. The van der Waals surface area contributed by atoms with Crippen LogP contribution in [0, 0.1) is 0 Å². The molecule has 0 spiro atoms. The Labute approximate surface area is 113 Å². The molecule has 102 valence electrons. The fourth-order valence-corrected chi connectivity index (χ4v) is 2.24. The largest absolute Gasteiger partial charge is 0.479 e. The molecule has 0 saturated carbocycles. The van der Waals surface area contributed by atoms with E-state index in [9.17, 15) is 9.59 Å². The second-order valence-electron chi connectivity index (χ2n) is 5.00. The Bertz CT molecular complexity index is 816. The molecular weight excluding hydrogens is 262 g/mol. The van der Waals surface area contributed by atoms with Gasteiger partial charge in [0.05, 0.1) is 5.56 Å². The van der Waals surface area contributed by atoms with E-state index < -0.39 is 17.0 Å². The third kappa shape index (κ3) is 1.61. The van der Waals surface area contributed by atoms with Crippen molar-refractivity contribution in [3.63, 3.8) is 0 Å². The van der Waals surface area contributed by atoms with Crippen LogP contribution in [0.1, 0.15) is 19.4 Å². The Hall–Kier alpha value is -2.63. The number of hydrogen-bond donors (Lipinski definition) is 1. The lowest BCUT2D eigenvalue weighted by atomic mass is 9.90. The molecular formula is C14H11NO5. The molecule has 0 bridgehead atoms. The van der Waals surface area contributed by atoms with E-state index in [0.29, 0.717) is 11.1 Å². The van der Waals surface area contributed by atoms with Crippen molar-refractivity contribution in [2.45, 2.75) is 19.4 Å². The zero-order valence-corrected chi connectivity index (χ0v) is 10.8. The summed E-state index contributed by atoms with van der Waals surface area (Å²) >= 11 is 0. The summed E-state index contributed by atoms with van der Waals surface area (Å²) in [6.45, 7) is 3.16. The van der Waals surface area contributed by atoms with E-state index in [2.05, 4.69) is 5.16 Å². The molecule has 0 amide bonds. The first-order valence-corrected chi connectivity index (χ1v) is 5.97. The number of rotatable bonds is 0. The number of hydrogen-bond acceptors (Lipinski definition) is 6. The van der Waals surface area contributed by atoms with Crippen molar-refractivity contribution in [3.05, 3.63) is 40.2 Å². The predicted octanol–water partition coefficient (Wildman–Crippen LogP) is 1.71. The van der Waals surface area contributed by atoms with Crippen molar-refractivity contribution in [1.29, 1.82) is 0 Å². The van der Waals surface area contributed by atoms with Crippen molar-refractivity contribution in [3.8, 4) is 5.75 Å². The van der Waals surface area contributed by atoms with E-state index in [-0.39, 0.29) is 16.9 Å². The normalized spacial score (nSPS) is 18.9. The number of ketones is 1. The molecule has 6 nitrogen and oxygen atoms in total. The number of Topliss-reactive ketones (excluding diaryl/α,β-unsaturated/α-hetero) is 1. The quantitative estimate of drug-likeness (QED) is 0.448. The van der Waals surface area contributed by atoms with Crippen molar-refractivity contribution in [2.75, 3.05) is 0 Å². The molecule has 1 aliphatic heterocycles. The first-order chi connectivity index (χ1) is 9.44. The Kier molecular flexibility index (Phi) is 2.44. The summed E-state index contributed by atoms with van der Waals surface area (Å²) in [5.74, 6) is -0.143. The van der Waals surface area contributed by atoms with Crippen LogP contribution in [0.5, 0.6) is 5.75 Å². The van der Waals surface area contributed by atoms with Crippen LogP contribution in [-0.2, 0) is 4.79 Å². The van der Waals surface area contributed by atoms with Gasteiger partial charge in [0.25, 0.3) is 0 Å². The summed E-state index contributed by atoms with van der Waals surface area (Å²) < 4.78 is 10.7. The van der Waals surface area contributed by atoms with E-state index in [4.69, 9.17) is 14.4 Å². The van der Waals surface area contributed by atoms with E-state index in [1.165, 1.54) is 6.07 Å². The van der Waals surface area contributed by atoms with Crippen LogP contribution >= 0.6 is 0 Å². The smallest absolute Gasteiger partial charge is 0.336 e. The molecule has 1 N–H and O–H groups in total. The number of carbonyl (C=O) groups is 1. The van der Waals surface area contributed by atoms with Gasteiger partial charge in [0.1, 0.15) is 5.75 Å². The molecule has 1 aliphatic rings. The van der Waals surface area contributed by atoms with Crippen LogP contribution in [0.3, 0.4) is 0 Å². The van der Waals surface area contributed by atoms with Gasteiger partial charge in [-0.3, -0.25) is 4.79 Å². The molecule has 0 unspecified atom stereocenters. The maximum atomic E-state index is 12.2. The van der Waals surface area contributed by atoms with E-state index in [1.807, 2.05) is 0 Å². The number of fused-ring (bicyclic) bond motifs is 3. The second kappa shape index (κ2) is 3.93. The van der Waals surface area contributed by atoms with Crippen LogP contribution in [0.25, 0.3) is 11.0 Å². The minimum atomic E-state index is -1.14. The summed E-state index contributed by atoms with van der Waals surface area (Å²) in [6.07, 6.45) is 0. The molecule has 0 fully saturated rings. The first-order valence-electron chi connectivity index (χ1n) is 5.97. The van der Waals surface area contributed by atoms with Crippen LogP contribution in [0.2, 0.25) is 0 Å². The molecule has 2 heterocycles. The van der Waals surface area contributed by atoms with Gasteiger partial charge in [0.2, 0.25) is 5.78 Å². The molecule has 2 aromatic rings. The third-order valence-electron chi connectivity index (χ3n) is 3.22. The fraction of sp³-hybridized carbons (Fsp3) is 0.214. The zero-order chi connectivity index (χ0) is 14.5. The lowest BCUT2D eigenvalue weighted by molar-refractivity contribution is -0.125. The Morgan fingerprint density at radius 1 is 1.15 bits per heavy atom. The zero-order valence-electron chi connectivity index (χ0n) is 10.8. The van der Waals surface area contributed by atoms with Crippen molar-refractivity contribution >= 4 is 22.5 Å². The van der Waals surface area contributed by atoms with Gasteiger partial charge in [-0.1, -0.05) is 5.16 Å².